The van der Waals surface area contributed by atoms with Gasteiger partial charge in [0.15, 0.2) is 0 Å². The first-order valence-electron chi connectivity index (χ1n) is 17.1. The van der Waals surface area contributed by atoms with E-state index in [2.05, 4.69) is 10.6 Å². The summed E-state index contributed by atoms with van der Waals surface area (Å²) in [4.78, 5) is 67.6. The Balaban J connectivity index is 2.79. The first-order chi connectivity index (χ1) is 23.5. The number of carbonyl (C=O) groups is 5. The zero-order valence-corrected chi connectivity index (χ0v) is 29.0. The molecule has 1 rings (SSSR count). The molecule has 1 heterocycles. The molecule has 18 heteroatoms. The fourth-order valence-electron chi connectivity index (χ4n) is 5.08. The van der Waals surface area contributed by atoms with Crippen molar-refractivity contribution in [3.05, 3.63) is 0 Å². The van der Waals surface area contributed by atoms with Crippen molar-refractivity contribution in [2.45, 2.75) is 38.6 Å². The molecule has 0 aromatic rings. The van der Waals surface area contributed by atoms with E-state index in [-0.39, 0.29) is 71.4 Å². The highest BCUT2D eigenvalue weighted by Gasteiger charge is 2.24. The third kappa shape index (κ3) is 23.9. The highest BCUT2D eigenvalue weighted by atomic mass is 16.5. The van der Waals surface area contributed by atoms with E-state index in [1.807, 2.05) is 11.8 Å². The van der Waals surface area contributed by atoms with Crippen molar-refractivity contribution in [2.75, 3.05) is 131 Å². The van der Waals surface area contributed by atoms with Gasteiger partial charge in [0.1, 0.15) is 6.04 Å². The largest absolute Gasteiger partial charge is 0.480 e. The second-order valence-electron chi connectivity index (χ2n) is 11.8. The molecular formula is C31H59N7O11. The summed E-state index contributed by atoms with van der Waals surface area (Å²) in [5, 5.41) is 33.9. The van der Waals surface area contributed by atoms with Gasteiger partial charge < -0.3 is 45.9 Å². The topological polar surface area (TPSA) is 237 Å². The minimum Gasteiger partial charge on any atom is -0.480 e. The summed E-state index contributed by atoms with van der Waals surface area (Å²) in [6, 6.07) is -0.779. The molecule has 7 N–H and O–H groups in total. The number of nitrogens with zero attached hydrogens (tertiary/aromatic N) is 4. The molecule has 0 unspecified atom stereocenters. The van der Waals surface area contributed by atoms with E-state index in [9.17, 15) is 39.3 Å². The van der Waals surface area contributed by atoms with E-state index >= 15 is 0 Å². The van der Waals surface area contributed by atoms with Crippen molar-refractivity contribution in [1.82, 2.24) is 30.2 Å². The Kier molecular flexibility index (Phi) is 25.0. The van der Waals surface area contributed by atoms with Crippen molar-refractivity contribution in [1.29, 1.82) is 0 Å². The van der Waals surface area contributed by atoms with Crippen LogP contribution in [0, 0.1) is 0 Å². The normalized spacial score (nSPS) is 16.7. The lowest BCUT2D eigenvalue weighted by Crippen LogP contribution is -2.52. The molecule has 1 fully saturated rings. The van der Waals surface area contributed by atoms with Crippen LogP contribution in [0.25, 0.3) is 0 Å². The summed E-state index contributed by atoms with van der Waals surface area (Å²) in [6.07, 6.45) is 2.30. The Labute approximate surface area is 289 Å². The molecule has 1 aliphatic rings. The van der Waals surface area contributed by atoms with Gasteiger partial charge in [-0.25, -0.2) is 0 Å². The van der Waals surface area contributed by atoms with E-state index in [4.69, 9.17) is 19.9 Å². The summed E-state index contributed by atoms with van der Waals surface area (Å²) >= 11 is 0. The maximum Gasteiger partial charge on any atom is 0.317 e. The third-order valence-electron chi connectivity index (χ3n) is 7.69. The van der Waals surface area contributed by atoms with E-state index < -0.39 is 29.9 Å². The van der Waals surface area contributed by atoms with Crippen LogP contribution >= 0.6 is 0 Å². The number of nitrogens with one attached hydrogen (secondary N) is 2. The molecule has 1 atom stereocenters. The van der Waals surface area contributed by atoms with Gasteiger partial charge in [0.25, 0.3) is 0 Å². The highest BCUT2D eigenvalue weighted by Crippen LogP contribution is 2.04. The predicted octanol–water partition coefficient (Wildman–Crippen LogP) is -2.35. The number of amides is 2. The number of carboxylic acid groups (broad SMARTS) is 3. The van der Waals surface area contributed by atoms with Crippen LogP contribution in [0.15, 0.2) is 0 Å². The predicted molar refractivity (Wildman–Crippen MR) is 179 cm³/mol. The van der Waals surface area contributed by atoms with Crippen LogP contribution in [0.1, 0.15) is 32.6 Å². The SMILES string of the molecule is CCOCCOCCOCCCNC(=O)[C@@H](CCCCN)NC(=O)CN1CCN(CC(=O)O)CCN(CC(=O)O)CCN(CC(=O)O)CC1. The van der Waals surface area contributed by atoms with Gasteiger partial charge in [0.2, 0.25) is 11.8 Å². The number of rotatable bonds is 25. The lowest BCUT2D eigenvalue weighted by molar-refractivity contribution is -0.140. The van der Waals surface area contributed by atoms with Gasteiger partial charge in [0.05, 0.1) is 52.6 Å². The summed E-state index contributed by atoms with van der Waals surface area (Å²) in [5.41, 5.74) is 5.64. The van der Waals surface area contributed by atoms with E-state index in [1.54, 1.807) is 14.7 Å². The average Bonchev–Trinajstić information content (AvgIpc) is 3.03. The summed E-state index contributed by atoms with van der Waals surface area (Å²) in [7, 11) is 0. The van der Waals surface area contributed by atoms with E-state index in [0.29, 0.717) is 91.5 Å². The van der Waals surface area contributed by atoms with Crippen LogP contribution in [0.2, 0.25) is 0 Å². The van der Waals surface area contributed by atoms with Gasteiger partial charge in [-0.2, -0.15) is 0 Å². The summed E-state index contributed by atoms with van der Waals surface area (Å²) < 4.78 is 16.1. The Morgan fingerprint density at radius 2 is 1.06 bits per heavy atom. The van der Waals surface area contributed by atoms with Crippen LogP contribution in [0.4, 0.5) is 0 Å². The fraction of sp³-hybridized carbons (Fsp3) is 0.839. The Hall–Kier alpha value is -2.97. The van der Waals surface area contributed by atoms with Gasteiger partial charge >= 0.3 is 17.9 Å². The number of hydrogen-bond acceptors (Lipinski definition) is 13. The van der Waals surface area contributed by atoms with E-state index in [0.717, 1.165) is 0 Å². The molecule has 2 amide bonds. The molecule has 0 bridgehead atoms. The minimum absolute atomic E-state index is 0.0892. The molecule has 1 saturated heterocycles. The number of hydrogen-bond donors (Lipinski definition) is 6. The fourth-order valence-corrected chi connectivity index (χ4v) is 5.08. The van der Waals surface area contributed by atoms with Crippen molar-refractivity contribution in [2.24, 2.45) is 5.73 Å². The van der Waals surface area contributed by atoms with Gasteiger partial charge in [-0.15, -0.1) is 0 Å². The van der Waals surface area contributed by atoms with Crippen LogP contribution in [-0.2, 0) is 38.2 Å². The molecule has 0 aliphatic carbocycles. The molecule has 0 radical (unpaired) electrons. The number of carbonyl (C=O) groups excluding carboxylic acids is 2. The van der Waals surface area contributed by atoms with Crippen molar-refractivity contribution in [3.8, 4) is 0 Å². The van der Waals surface area contributed by atoms with Crippen molar-refractivity contribution < 1.29 is 53.5 Å². The second kappa shape index (κ2) is 27.8. The number of aliphatic carboxylic acids is 3. The lowest BCUT2D eigenvalue weighted by atomic mass is 10.1. The molecule has 284 valence electrons. The molecule has 0 aromatic carbocycles. The van der Waals surface area contributed by atoms with Crippen LogP contribution in [0.3, 0.4) is 0 Å². The monoisotopic (exact) mass is 705 g/mol. The third-order valence-corrected chi connectivity index (χ3v) is 7.69. The Morgan fingerprint density at radius 3 is 1.49 bits per heavy atom. The van der Waals surface area contributed by atoms with Crippen LogP contribution in [0.5, 0.6) is 0 Å². The van der Waals surface area contributed by atoms with Crippen molar-refractivity contribution >= 4 is 29.7 Å². The summed E-state index contributed by atoms with van der Waals surface area (Å²) in [5.74, 6) is -3.81. The zero-order chi connectivity index (χ0) is 36.3. The molecule has 0 spiro atoms. The average molecular weight is 706 g/mol. The zero-order valence-electron chi connectivity index (χ0n) is 29.0. The summed E-state index contributed by atoms with van der Waals surface area (Å²) in [6.45, 7) is 7.11. The van der Waals surface area contributed by atoms with E-state index in [1.165, 1.54) is 0 Å². The van der Waals surface area contributed by atoms with Gasteiger partial charge in [-0.3, -0.25) is 43.6 Å². The first-order valence-corrected chi connectivity index (χ1v) is 17.1. The Morgan fingerprint density at radius 1 is 0.633 bits per heavy atom. The molecule has 0 aromatic heterocycles. The number of unbranched alkanes of at least 4 members (excludes halogenated alkanes) is 1. The maximum absolute atomic E-state index is 13.3. The molecule has 1 aliphatic heterocycles. The molecular weight excluding hydrogens is 646 g/mol. The Bertz CT molecular complexity index is 931. The minimum atomic E-state index is -1.03. The lowest BCUT2D eigenvalue weighted by Gasteiger charge is -2.33. The van der Waals surface area contributed by atoms with Gasteiger partial charge in [0, 0.05) is 72.1 Å². The van der Waals surface area contributed by atoms with Crippen molar-refractivity contribution in [3.63, 3.8) is 0 Å². The van der Waals surface area contributed by atoms with Crippen LogP contribution in [-0.4, -0.2) is 202 Å². The van der Waals surface area contributed by atoms with Gasteiger partial charge in [-0.05, 0) is 39.2 Å². The maximum atomic E-state index is 13.3. The second-order valence-corrected chi connectivity index (χ2v) is 11.8. The standard InChI is InChI=1S/C31H59N7O11/c1-2-47-18-19-49-21-20-48-17-5-8-33-31(46)26(6-3-4-7-32)34-27(39)22-35-9-11-36(23-28(40)41)13-15-38(25-30(44)45)16-14-37(12-10-35)24-29(42)43/h26H,2-25,32H2,1H3,(H,33,46)(H,34,39)(H,40,41)(H,42,43)(H,44,45)/t26-/m1/s1. The highest BCUT2D eigenvalue weighted by molar-refractivity contribution is 5.88. The molecule has 18 nitrogen and oxygen atoms in total. The number of carboxylic acids is 3. The number of ether oxygens (including phenoxy) is 3. The smallest absolute Gasteiger partial charge is 0.317 e. The quantitative estimate of drug-likeness (QED) is 0.0546. The molecule has 49 heavy (non-hydrogen) atoms. The molecule has 0 saturated carbocycles. The first kappa shape index (κ1) is 44.1. The number of nitrogens with two attached hydrogens (primary N) is 1. The van der Waals surface area contributed by atoms with Gasteiger partial charge in [-0.1, -0.05) is 0 Å². The van der Waals surface area contributed by atoms with Crippen LogP contribution < -0.4 is 16.4 Å².